The van der Waals surface area contributed by atoms with E-state index in [2.05, 4.69) is 4.90 Å². The quantitative estimate of drug-likeness (QED) is 0.485. The van der Waals surface area contributed by atoms with Crippen molar-refractivity contribution in [2.24, 2.45) is 0 Å². The lowest BCUT2D eigenvalue weighted by Crippen LogP contribution is -2.45. The summed E-state index contributed by atoms with van der Waals surface area (Å²) in [7, 11) is 0. The number of hydrogen-bond acceptors (Lipinski definition) is 5. The monoisotopic (exact) mass is 290 g/mol. The molecule has 0 amide bonds. The summed E-state index contributed by atoms with van der Waals surface area (Å²) in [5.41, 5.74) is 0.349. The molecule has 0 aliphatic carbocycles. The molecule has 0 unspecified atom stereocenters. The Hall–Kier alpha value is -1.95. The van der Waals surface area contributed by atoms with Gasteiger partial charge >= 0.3 is 5.97 Å². The summed E-state index contributed by atoms with van der Waals surface area (Å²) in [6.45, 7) is 2.19. The Morgan fingerprint density at radius 2 is 1.86 bits per heavy atom. The average molecular weight is 290 g/mol. The lowest BCUT2D eigenvalue weighted by atomic mass is 9.99. The fraction of sp³-hybridized carbons (Fsp3) is 0.533. The largest absolute Gasteiger partial charge is 0.457 e. The third-order valence-corrected chi connectivity index (χ3v) is 4.35. The lowest BCUT2D eigenvalue weighted by molar-refractivity contribution is -0.384. The van der Waals surface area contributed by atoms with Gasteiger partial charge in [0.05, 0.1) is 10.5 Å². The van der Waals surface area contributed by atoms with Crippen molar-refractivity contribution < 1.29 is 14.5 Å². The van der Waals surface area contributed by atoms with E-state index in [1.165, 1.54) is 24.3 Å². The van der Waals surface area contributed by atoms with Gasteiger partial charge in [-0.2, -0.15) is 0 Å². The van der Waals surface area contributed by atoms with Crippen LogP contribution >= 0.6 is 0 Å². The summed E-state index contributed by atoms with van der Waals surface area (Å²) in [5.74, 6) is -0.386. The Kier molecular flexibility index (Phi) is 3.88. The number of esters is 1. The molecule has 6 heteroatoms. The van der Waals surface area contributed by atoms with Crippen molar-refractivity contribution >= 4 is 11.7 Å². The molecule has 2 atom stereocenters. The van der Waals surface area contributed by atoms with Crippen molar-refractivity contribution in [2.75, 3.05) is 13.1 Å². The van der Waals surface area contributed by atoms with Crippen LogP contribution in [-0.2, 0) is 4.74 Å². The van der Waals surface area contributed by atoms with Crippen molar-refractivity contribution in [2.45, 2.75) is 37.8 Å². The van der Waals surface area contributed by atoms with E-state index in [0.29, 0.717) is 11.6 Å². The highest BCUT2D eigenvalue weighted by molar-refractivity contribution is 5.89. The van der Waals surface area contributed by atoms with E-state index >= 15 is 0 Å². The molecular formula is C15H18N2O4. The van der Waals surface area contributed by atoms with Crippen molar-refractivity contribution in [3.05, 3.63) is 39.9 Å². The highest BCUT2D eigenvalue weighted by Crippen LogP contribution is 2.29. The molecule has 3 rings (SSSR count). The number of piperidine rings is 1. The highest BCUT2D eigenvalue weighted by Gasteiger charge is 2.36. The third-order valence-electron chi connectivity index (χ3n) is 4.35. The molecule has 112 valence electrons. The number of fused-ring (bicyclic) bond motifs is 1. The number of nitro benzene ring substituents is 1. The van der Waals surface area contributed by atoms with Crippen molar-refractivity contribution in [3.8, 4) is 0 Å². The summed E-state index contributed by atoms with van der Waals surface area (Å²) in [6, 6.07) is 5.92. The van der Waals surface area contributed by atoms with Gasteiger partial charge in [-0.25, -0.2) is 4.79 Å². The summed E-state index contributed by atoms with van der Waals surface area (Å²) < 4.78 is 5.64. The summed E-state index contributed by atoms with van der Waals surface area (Å²) in [6.07, 6.45) is 4.15. The maximum absolute atomic E-state index is 12.2. The van der Waals surface area contributed by atoms with E-state index in [1.54, 1.807) is 0 Å². The maximum atomic E-state index is 12.2. The molecule has 2 fully saturated rings. The van der Waals surface area contributed by atoms with Gasteiger partial charge in [0, 0.05) is 18.2 Å². The van der Waals surface area contributed by atoms with Gasteiger partial charge in [-0.15, -0.1) is 0 Å². The fourth-order valence-electron chi connectivity index (χ4n) is 3.30. The van der Waals surface area contributed by atoms with Crippen LogP contribution in [0.3, 0.4) is 0 Å². The molecule has 2 aliphatic heterocycles. The molecule has 0 spiro atoms. The number of hydrogen-bond donors (Lipinski definition) is 0. The van der Waals surface area contributed by atoms with Crippen molar-refractivity contribution in [1.82, 2.24) is 4.90 Å². The van der Waals surface area contributed by atoms with E-state index < -0.39 is 4.92 Å². The first-order valence-electron chi connectivity index (χ1n) is 7.34. The van der Waals surface area contributed by atoms with Gasteiger partial charge in [-0.3, -0.25) is 15.0 Å². The van der Waals surface area contributed by atoms with Crippen molar-refractivity contribution in [1.29, 1.82) is 0 Å². The zero-order chi connectivity index (χ0) is 14.8. The summed E-state index contributed by atoms with van der Waals surface area (Å²) >= 11 is 0. The molecule has 1 aromatic rings. The number of rotatable bonds is 3. The van der Waals surface area contributed by atoms with Gasteiger partial charge in [0.15, 0.2) is 0 Å². The second kappa shape index (κ2) is 5.81. The second-order valence-electron chi connectivity index (χ2n) is 5.64. The second-order valence-corrected chi connectivity index (χ2v) is 5.64. The first kappa shape index (κ1) is 14.0. The van der Waals surface area contributed by atoms with Gasteiger partial charge in [-0.05, 0) is 50.9 Å². The first-order valence-corrected chi connectivity index (χ1v) is 7.34. The molecule has 0 bridgehead atoms. The minimum Gasteiger partial charge on any atom is -0.457 e. The van der Waals surface area contributed by atoms with Crippen LogP contribution in [0.25, 0.3) is 0 Å². The molecule has 0 N–H and O–H groups in total. The normalized spacial score (nSPS) is 25.3. The fourth-order valence-corrected chi connectivity index (χ4v) is 3.30. The van der Waals surface area contributed by atoms with E-state index in [0.717, 1.165) is 38.8 Å². The Morgan fingerprint density at radius 3 is 2.52 bits per heavy atom. The highest BCUT2D eigenvalue weighted by atomic mass is 16.6. The Balaban J connectivity index is 1.66. The molecule has 2 saturated heterocycles. The molecule has 1 aromatic carbocycles. The minimum atomic E-state index is -0.480. The lowest BCUT2D eigenvalue weighted by Gasteiger charge is -2.35. The van der Waals surface area contributed by atoms with Crippen LogP contribution in [-0.4, -0.2) is 41.0 Å². The van der Waals surface area contributed by atoms with Crippen LogP contribution < -0.4 is 0 Å². The topological polar surface area (TPSA) is 72.7 Å². The molecule has 2 aliphatic rings. The molecule has 0 radical (unpaired) electrons. The molecule has 6 nitrogen and oxygen atoms in total. The number of benzene rings is 1. The number of carbonyl (C=O) groups excluding carboxylic acids is 1. The van der Waals surface area contributed by atoms with E-state index in [9.17, 15) is 14.9 Å². The summed E-state index contributed by atoms with van der Waals surface area (Å²) in [4.78, 5) is 24.7. The average Bonchev–Trinajstić information content (AvgIpc) is 2.97. The Morgan fingerprint density at radius 1 is 1.19 bits per heavy atom. The number of ether oxygens (including phenoxy) is 1. The number of nitro groups is 1. The predicted octanol–water partition coefficient (Wildman–Crippen LogP) is 2.38. The smallest absolute Gasteiger partial charge is 0.338 e. The van der Waals surface area contributed by atoms with Crippen LogP contribution in [0.2, 0.25) is 0 Å². The van der Waals surface area contributed by atoms with Gasteiger partial charge in [-0.1, -0.05) is 0 Å². The summed E-state index contributed by atoms with van der Waals surface area (Å²) in [5, 5.41) is 10.6. The van der Waals surface area contributed by atoms with Gasteiger partial charge in [0.25, 0.3) is 5.69 Å². The standard InChI is InChI=1S/C15H18N2O4/c18-15(11-5-7-12(8-6-11)17(19)20)21-14-4-2-10-16-9-1-3-13(14)16/h5-8,13-14H,1-4,9-10H2/t13-,14+/m1/s1. The minimum absolute atomic E-state index is 0.0221. The zero-order valence-electron chi connectivity index (χ0n) is 11.7. The zero-order valence-corrected chi connectivity index (χ0v) is 11.7. The van der Waals surface area contributed by atoms with Crippen LogP contribution in [0.5, 0.6) is 0 Å². The van der Waals surface area contributed by atoms with Crippen LogP contribution in [0, 0.1) is 10.1 Å². The Bertz CT molecular complexity index is 543. The van der Waals surface area contributed by atoms with E-state index in [-0.39, 0.29) is 17.8 Å². The van der Waals surface area contributed by atoms with Gasteiger partial charge < -0.3 is 4.74 Å². The number of non-ortho nitro benzene ring substituents is 1. The van der Waals surface area contributed by atoms with Crippen molar-refractivity contribution in [3.63, 3.8) is 0 Å². The van der Waals surface area contributed by atoms with E-state index in [4.69, 9.17) is 4.74 Å². The van der Waals surface area contributed by atoms with Gasteiger partial charge in [0.1, 0.15) is 6.10 Å². The Labute approximate surface area is 122 Å². The van der Waals surface area contributed by atoms with Gasteiger partial charge in [0.2, 0.25) is 0 Å². The molecule has 2 heterocycles. The molecule has 0 aromatic heterocycles. The first-order chi connectivity index (χ1) is 10.1. The molecule has 0 saturated carbocycles. The maximum Gasteiger partial charge on any atom is 0.338 e. The number of carbonyl (C=O) groups is 1. The van der Waals surface area contributed by atoms with Crippen LogP contribution in [0.1, 0.15) is 36.0 Å². The number of nitrogens with zero attached hydrogens (tertiary/aromatic N) is 2. The third kappa shape index (κ3) is 2.90. The SMILES string of the molecule is O=C(O[C@H]1CCCN2CCC[C@H]12)c1ccc([N+](=O)[O-])cc1. The molecule has 21 heavy (non-hydrogen) atoms. The van der Waals surface area contributed by atoms with E-state index in [1.807, 2.05) is 0 Å². The predicted molar refractivity (Wildman–Crippen MR) is 76.1 cm³/mol. The van der Waals surface area contributed by atoms with Crippen LogP contribution in [0.4, 0.5) is 5.69 Å². The molecular weight excluding hydrogens is 272 g/mol. The van der Waals surface area contributed by atoms with Crippen LogP contribution in [0.15, 0.2) is 24.3 Å².